The average molecular weight is 226 g/mol. The Labute approximate surface area is 55.4 Å². The Morgan fingerprint density at radius 2 is 2.25 bits per heavy atom. The molecular formula is C3H3IN2O2. The van der Waals surface area contributed by atoms with Crippen molar-refractivity contribution in [3.05, 3.63) is 0 Å². The van der Waals surface area contributed by atoms with Crippen LogP contribution in [0.1, 0.15) is 0 Å². The predicted molar refractivity (Wildman–Crippen MR) is 37.1 cm³/mol. The highest BCUT2D eigenvalue weighted by Gasteiger charge is 2.06. The molecular weight excluding hydrogens is 223 g/mol. The Morgan fingerprint density at radius 1 is 1.50 bits per heavy atom. The van der Waals surface area contributed by atoms with Gasteiger partial charge in [-0.1, -0.05) is 0 Å². The van der Waals surface area contributed by atoms with Crippen molar-refractivity contribution < 1.29 is 9.59 Å². The lowest BCUT2D eigenvalue weighted by Crippen LogP contribution is -2.39. The lowest BCUT2D eigenvalue weighted by molar-refractivity contribution is 0.241. The zero-order valence-corrected chi connectivity index (χ0v) is 5.93. The fourth-order valence-corrected chi connectivity index (χ4v) is 1.40. The first kappa shape index (κ1) is 5.67. The molecule has 8 heavy (non-hydrogen) atoms. The molecule has 0 bridgehead atoms. The molecule has 1 heterocycles. The number of nitrogens with one attached hydrogen (secondary N) is 2. The van der Waals surface area contributed by atoms with Crippen LogP contribution in [0.3, 0.4) is 0 Å². The minimum absolute atomic E-state index is 0.146. The Bertz CT molecular complexity index is 165. The van der Waals surface area contributed by atoms with E-state index in [1.54, 1.807) is 0 Å². The van der Waals surface area contributed by atoms with Crippen LogP contribution in [0.4, 0.5) is 9.59 Å². The Balaban J connectivity index is 2.68. The highest BCUT2D eigenvalue weighted by Crippen LogP contribution is 1.96. The maximum absolute atomic E-state index is 10.3. The normalized spacial score (nSPS) is 18.5. The second kappa shape index (κ2) is 2.21. The van der Waals surface area contributed by atoms with Crippen molar-refractivity contribution in [3.8, 4) is 0 Å². The highest BCUT2D eigenvalue weighted by atomic mass is 127. The number of carbonyl (C=O) groups is 2. The molecule has 0 aromatic rings. The summed E-state index contributed by atoms with van der Waals surface area (Å²) in [4.78, 5) is 20.5. The van der Waals surface area contributed by atoms with Gasteiger partial charge in [0.1, 0.15) is 0 Å². The predicted octanol–water partition coefficient (Wildman–Crippen LogP) is 0.150. The van der Waals surface area contributed by atoms with Gasteiger partial charge in [0.25, 0.3) is 3.91 Å². The minimum Gasteiger partial charge on any atom is -0.309 e. The van der Waals surface area contributed by atoms with Crippen LogP contribution in [0.2, 0.25) is 0 Å². The number of rotatable bonds is 0. The SMILES string of the molecule is O=C1NC=IC(=O)N1. The standard InChI is InChI=1S/C3H3IN2O2/c7-2-4-1-5-3(8)6-2/h1H,(H2,5,6,7,8). The molecule has 2 N–H and O–H groups in total. The fourth-order valence-electron chi connectivity index (χ4n) is 0.279. The zero-order chi connectivity index (χ0) is 5.98. The maximum atomic E-state index is 10.3. The van der Waals surface area contributed by atoms with Crippen LogP contribution in [0.25, 0.3) is 0 Å². The second-order valence-corrected chi connectivity index (χ2v) is 3.32. The van der Waals surface area contributed by atoms with Gasteiger partial charge in [-0.2, -0.15) is 0 Å². The van der Waals surface area contributed by atoms with Crippen LogP contribution in [0, 0.1) is 0 Å². The molecule has 0 atom stereocenters. The highest BCUT2D eigenvalue weighted by molar-refractivity contribution is 14.2. The van der Waals surface area contributed by atoms with E-state index in [1.807, 2.05) is 0 Å². The van der Waals surface area contributed by atoms with Crippen LogP contribution in [0.5, 0.6) is 0 Å². The summed E-state index contributed by atoms with van der Waals surface area (Å²) in [6.45, 7) is 0. The van der Waals surface area contributed by atoms with Crippen molar-refractivity contribution in [1.82, 2.24) is 10.6 Å². The monoisotopic (exact) mass is 226 g/mol. The summed E-state index contributed by atoms with van der Waals surface area (Å²) in [7, 11) is 0. The summed E-state index contributed by atoms with van der Waals surface area (Å²) in [6.07, 6.45) is 0. The number of urea groups is 1. The summed E-state index contributed by atoms with van der Waals surface area (Å²) < 4.78 is 1.38. The van der Waals surface area contributed by atoms with Crippen LogP contribution in [-0.2, 0) is 0 Å². The van der Waals surface area contributed by atoms with Gasteiger partial charge in [0.15, 0.2) is 0 Å². The average Bonchev–Trinajstić information content (AvgIpc) is 1.64. The third kappa shape index (κ3) is 1.25. The molecule has 1 rings (SSSR count). The number of hydrogen-bond donors (Lipinski definition) is 2. The zero-order valence-electron chi connectivity index (χ0n) is 3.77. The van der Waals surface area contributed by atoms with Gasteiger partial charge in [-0.15, -0.1) is 0 Å². The van der Waals surface area contributed by atoms with Crippen LogP contribution in [0.15, 0.2) is 0 Å². The van der Waals surface area contributed by atoms with Crippen LogP contribution in [-0.4, -0.2) is 14.1 Å². The van der Waals surface area contributed by atoms with E-state index in [4.69, 9.17) is 0 Å². The number of halogens is 1. The first-order valence-corrected chi connectivity index (χ1v) is 4.18. The molecule has 4 nitrogen and oxygen atoms in total. The van der Waals surface area contributed by atoms with E-state index in [1.165, 1.54) is 4.14 Å². The molecule has 0 fully saturated rings. The largest absolute Gasteiger partial charge is 0.326 e. The van der Waals surface area contributed by atoms with Crippen molar-refractivity contribution >= 4 is 34.8 Å². The van der Waals surface area contributed by atoms with Gasteiger partial charge in [0.2, 0.25) is 0 Å². The second-order valence-electron chi connectivity index (χ2n) is 1.09. The maximum Gasteiger partial charge on any atom is 0.326 e. The van der Waals surface area contributed by atoms with E-state index < -0.39 is 26.8 Å². The molecule has 0 saturated carbocycles. The minimum atomic E-state index is -0.582. The van der Waals surface area contributed by atoms with Gasteiger partial charge in [-0.3, -0.25) is 10.1 Å². The summed E-state index contributed by atoms with van der Waals surface area (Å²) in [6, 6.07) is -0.416. The molecule has 0 aromatic carbocycles. The fraction of sp³-hybridized carbons (Fsp3) is 0. The lowest BCUT2D eigenvalue weighted by Gasteiger charge is -2.02. The van der Waals surface area contributed by atoms with E-state index in [9.17, 15) is 9.59 Å². The third-order valence-corrected chi connectivity index (χ3v) is 2.01. The van der Waals surface area contributed by atoms with E-state index in [0.29, 0.717) is 0 Å². The molecule has 1 aliphatic rings. The third-order valence-electron chi connectivity index (χ3n) is 0.551. The van der Waals surface area contributed by atoms with Gasteiger partial charge < -0.3 is 5.32 Å². The lowest BCUT2D eigenvalue weighted by atomic mass is 10.9. The van der Waals surface area contributed by atoms with Gasteiger partial charge >= 0.3 is 6.03 Å². The quantitative estimate of drug-likeness (QED) is 0.351. The summed E-state index contributed by atoms with van der Waals surface area (Å²) in [5, 5.41) is 4.47. The Kier molecular flexibility index (Phi) is 1.56. The Hall–Kier alpha value is -0.460. The first-order chi connectivity index (χ1) is 3.79. The van der Waals surface area contributed by atoms with Crippen LogP contribution < -0.4 is 10.6 Å². The summed E-state index contributed by atoms with van der Waals surface area (Å²) in [5.74, 6) is 0. The topological polar surface area (TPSA) is 58.2 Å². The number of imide groups is 1. The van der Waals surface area contributed by atoms with E-state index in [2.05, 4.69) is 10.6 Å². The van der Waals surface area contributed by atoms with Gasteiger partial charge in [-0.25, -0.2) is 4.79 Å². The van der Waals surface area contributed by atoms with Crippen molar-refractivity contribution in [3.63, 3.8) is 0 Å². The van der Waals surface area contributed by atoms with Crippen molar-refractivity contribution in [2.75, 3.05) is 0 Å². The van der Waals surface area contributed by atoms with E-state index in [0.717, 1.165) is 0 Å². The summed E-state index contributed by atoms with van der Waals surface area (Å²) in [5.41, 5.74) is 0. The van der Waals surface area contributed by atoms with Gasteiger partial charge in [-0.05, 0) is 0 Å². The number of amides is 3. The molecule has 0 radical (unpaired) electrons. The molecule has 0 spiro atoms. The summed E-state index contributed by atoms with van der Waals surface area (Å²) >= 11 is -0.582. The van der Waals surface area contributed by atoms with Gasteiger partial charge in [0, 0.05) is 24.9 Å². The number of carbonyl (C=O) groups excluding carboxylic acids is 2. The molecule has 0 aliphatic carbocycles. The first-order valence-electron chi connectivity index (χ1n) is 1.85. The van der Waals surface area contributed by atoms with Crippen molar-refractivity contribution in [1.29, 1.82) is 0 Å². The molecule has 1 aliphatic heterocycles. The molecule has 0 unspecified atom stereocenters. The molecule has 5 heteroatoms. The van der Waals surface area contributed by atoms with Crippen molar-refractivity contribution in [2.24, 2.45) is 0 Å². The molecule has 3 amide bonds. The molecule has 0 saturated heterocycles. The van der Waals surface area contributed by atoms with Crippen LogP contribution >= 0.6 is 20.7 Å². The molecule has 0 aromatic heterocycles. The smallest absolute Gasteiger partial charge is 0.309 e. The molecule has 44 valence electrons. The number of hydrogen-bond acceptors (Lipinski definition) is 2. The van der Waals surface area contributed by atoms with Crippen molar-refractivity contribution in [2.45, 2.75) is 0 Å². The van der Waals surface area contributed by atoms with E-state index in [-0.39, 0.29) is 3.91 Å². The van der Waals surface area contributed by atoms with Gasteiger partial charge in [0.05, 0.1) is 0 Å². The Morgan fingerprint density at radius 3 is 2.62 bits per heavy atom. The van der Waals surface area contributed by atoms with E-state index >= 15 is 0 Å².